The monoisotopic (exact) mass is 249 g/mol. The van der Waals surface area contributed by atoms with Crippen LogP contribution in [-0.4, -0.2) is 17.0 Å². The lowest BCUT2D eigenvalue weighted by Crippen LogP contribution is -2.39. The lowest BCUT2D eigenvalue weighted by molar-refractivity contribution is -0.384. The Morgan fingerprint density at radius 2 is 2.28 bits per heavy atom. The van der Waals surface area contributed by atoms with Crippen molar-refractivity contribution in [3.8, 4) is 0 Å². The zero-order chi connectivity index (χ0) is 13.0. The summed E-state index contributed by atoms with van der Waals surface area (Å²) in [5.74, 6) is 0. The molecule has 0 bridgehead atoms. The van der Waals surface area contributed by atoms with Crippen molar-refractivity contribution < 1.29 is 4.92 Å². The summed E-state index contributed by atoms with van der Waals surface area (Å²) in [6.45, 7) is 0.666. The van der Waals surface area contributed by atoms with Crippen molar-refractivity contribution in [1.82, 2.24) is 5.32 Å². The van der Waals surface area contributed by atoms with Crippen LogP contribution >= 0.6 is 0 Å². The molecule has 1 aromatic rings. The highest BCUT2D eigenvalue weighted by Crippen LogP contribution is 2.18. The molecule has 1 fully saturated rings. The van der Waals surface area contributed by atoms with Crippen LogP contribution in [0, 0.1) is 10.1 Å². The lowest BCUT2D eigenvalue weighted by atomic mass is 9.91. The van der Waals surface area contributed by atoms with E-state index < -0.39 is 0 Å². The normalized spacial score (nSPS) is 23.8. The molecule has 0 amide bonds. The largest absolute Gasteiger partial charge is 0.328 e. The van der Waals surface area contributed by atoms with Crippen molar-refractivity contribution in [2.24, 2.45) is 5.73 Å². The molecule has 18 heavy (non-hydrogen) atoms. The van der Waals surface area contributed by atoms with Crippen molar-refractivity contribution in [1.29, 1.82) is 0 Å². The highest BCUT2D eigenvalue weighted by Gasteiger charge is 2.18. The molecule has 2 unspecified atom stereocenters. The van der Waals surface area contributed by atoms with E-state index in [1.54, 1.807) is 12.1 Å². The third-order valence-corrected chi connectivity index (χ3v) is 3.43. The van der Waals surface area contributed by atoms with Crippen LogP contribution in [0.5, 0.6) is 0 Å². The first kappa shape index (κ1) is 13.0. The van der Waals surface area contributed by atoms with Gasteiger partial charge in [0.25, 0.3) is 5.69 Å². The molecular formula is C13H19N3O2. The number of rotatable bonds is 4. The number of benzene rings is 1. The molecule has 2 atom stereocenters. The minimum absolute atomic E-state index is 0.148. The number of hydrogen-bond acceptors (Lipinski definition) is 4. The summed E-state index contributed by atoms with van der Waals surface area (Å²) in [4.78, 5) is 10.3. The molecule has 0 saturated heterocycles. The van der Waals surface area contributed by atoms with Crippen LogP contribution < -0.4 is 11.1 Å². The van der Waals surface area contributed by atoms with Gasteiger partial charge in [-0.3, -0.25) is 10.1 Å². The van der Waals surface area contributed by atoms with Gasteiger partial charge < -0.3 is 11.1 Å². The average molecular weight is 249 g/mol. The van der Waals surface area contributed by atoms with Gasteiger partial charge in [-0.25, -0.2) is 0 Å². The van der Waals surface area contributed by atoms with Gasteiger partial charge in [0.15, 0.2) is 0 Å². The molecule has 0 spiro atoms. The highest BCUT2D eigenvalue weighted by atomic mass is 16.6. The van der Waals surface area contributed by atoms with E-state index in [2.05, 4.69) is 5.32 Å². The minimum atomic E-state index is -0.361. The summed E-state index contributed by atoms with van der Waals surface area (Å²) in [7, 11) is 0. The number of hydrogen-bond donors (Lipinski definition) is 2. The molecular weight excluding hydrogens is 230 g/mol. The third kappa shape index (κ3) is 3.51. The number of nitrogens with two attached hydrogens (primary N) is 1. The Morgan fingerprint density at radius 3 is 3.00 bits per heavy atom. The van der Waals surface area contributed by atoms with E-state index in [0.29, 0.717) is 18.6 Å². The molecule has 3 N–H and O–H groups in total. The maximum Gasteiger partial charge on any atom is 0.269 e. The Labute approximate surface area is 107 Å². The Morgan fingerprint density at radius 1 is 1.44 bits per heavy atom. The molecule has 1 saturated carbocycles. The van der Waals surface area contributed by atoms with E-state index in [4.69, 9.17) is 5.73 Å². The number of nitrogens with zero attached hydrogens (tertiary/aromatic N) is 1. The quantitative estimate of drug-likeness (QED) is 0.631. The van der Waals surface area contributed by atoms with E-state index >= 15 is 0 Å². The van der Waals surface area contributed by atoms with Gasteiger partial charge in [0.05, 0.1) is 4.92 Å². The van der Waals surface area contributed by atoms with Gasteiger partial charge in [0.2, 0.25) is 0 Å². The summed E-state index contributed by atoms with van der Waals surface area (Å²) in [6.07, 6.45) is 4.40. The highest BCUT2D eigenvalue weighted by molar-refractivity contribution is 5.34. The molecule has 5 nitrogen and oxygen atoms in total. The predicted octanol–water partition coefficient (Wildman–Crippen LogP) is 1.95. The van der Waals surface area contributed by atoms with Crippen LogP contribution in [0.4, 0.5) is 5.69 Å². The summed E-state index contributed by atoms with van der Waals surface area (Å²) in [6, 6.07) is 7.50. The maximum absolute atomic E-state index is 10.7. The molecule has 0 heterocycles. The van der Waals surface area contributed by atoms with Crippen LogP contribution in [0.3, 0.4) is 0 Å². The van der Waals surface area contributed by atoms with Gasteiger partial charge >= 0.3 is 0 Å². The molecule has 5 heteroatoms. The zero-order valence-corrected chi connectivity index (χ0v) is 10.3. The fourth-order valence-corrected chi connectivity index (χ4v) is 2.46. The van der Waals surface area contributed by atoms with Gasteiger partial charge in [-0.05, 0) is 24.8 Å². The Hall–Kier alpha value is -1.46. The Bertz CT molecular complexity index is 422. The van der Waals surface area contributed by atoms with Crippen molar-refractivity contribution in [2.75, 3.05) is 0 Å². The number of nitro groups is 1. The summed E-state index contributed by atoms with van der Waals surface area (Å²) >= 11 is 0. The summed E-state index contributed by atoms with van der Waals surface area (Å²) in [5.41, 5.74) is 7.02. The van der Waals surface area contributed by atoms with Gasteiger partial charge in [0, 0.05) is 30.8 Å². The predicted molar refractivity (Wildman–Crippen MR) is 70.2 cm³/mol. The van der Waals surface area contributed by atoms with Gasteiger partial charge in [0.1, 0.15) is 0 Å². The molecule has 1 aliphatic carbocycles. The first-order chi connectivity index (χ1) is 8.65. The average Bonchev–Trinajstić information content (AvgIpc) is 2.37. The molecule has 2 rings (SSSR count). The Balaban J connectivity index is 1.89. The van der Waals surface area contributed by atoms with Crippen molar-refractivity contribution >= 4 is 5.69 Å². The smallest absolute Gasteiger partial charge is 0.269 e. The van der Waals surface area contributed by atoms with Gasteiger partial charge in [-0.1, -0.05) is 18.6 Å². The van der Waals surface area contributed by atoms with Crippen LogP contribution in [0.2, 0.25) is 0 Å². The SMILES string of the molecule is NC1CCCC(NCc2cccc([N+](=O)[O-])c2)C1. The van der Waals surface area contributed by atoms with Crippen LogP contribution in [0.25, 0.3) is 0 Å². The number of non-ortho nitro benzene ring substituents is 1. The second-order valence-electron chi connectivity index (χ2n) is 4.93. The topological polar surface area (TPSA) is 81.2 Å². The standard InChI is InChI=1S/C13H19N3O2/c14-11-4-2-5-12(8-11)15-9-10-3-1-6-13(7-10)16(17)18/h1,3,6-7,11-12,15H,2,4-5,8-9,14H2. The van der Waals surface area contributed by atoms with Crippen LogP contribution in [0.1, 0.15) is 31.2 Å². The third-order valence-electron chi connectivity index (χ3n) is 3.43. The lowest BCUT2D eigenvalue weighted by Gasteiger charge is -2.27. The van der Waals surface area contributed by atoms with E-state index in [-0.39, 0.29) is 10.6 Å². The fourth-order valence-electron chi connectivity index (χ4n) is 2.46. The van der Waals surface area contributed by atoms with Crippen molar-refractivity contribution in [3.63, 3.8) is 0 Å². The van der Waals surface area contributed by atoms with Gasteiger partial charge in [-0.2, -0.15) is 0 Å². The van der Waals surface area contributed by atoms with Crippen LogP contribution in [-0.2, 0) is 6.54 Å². The molecule has 98 valence electrons. The number of nitro benzene ring substituents is 1. The maximum atomic E-state index is 10.7. The zero-order valence-electron chi connectivity index (χ0n) is 10.3. The number of nitrogens with one attached hydrogen (secondary N) is 1. The Kier molecular flexibility index (Phi) is 4.28. The first-order valence-electron chi connectivity index (χ1n) is 6.37. The minimum Gasteiger partial charge on any atom is -0.328 e. The van der Waals surface area contributed by atoms with E-state index in [9.17, 15) is 10.1 Å². The molecule has 0 aliphatic heterocycles. The summed E-state index contributed by atoms with van der Waals surface area (Å²) in [5, 5.41) is 14.1. The summed E-state index contributed by atoms with van der Waals surface area (Å²) < 4.78 is 0. The molecule has 0 radical (unpaired) electrons. The van der Waals surface area contributed by atoms with E-state index in [1.165, 1.54) is 6.07 Å². The van der Waals surface area contributed by atoms with E-state index in [0.717, 1.165) is 31.2 Å². The second kappa shape index (κ2) is 5.93. The molecule has 0 aromatic heterocycles. The molecule has 1 aliphatic rings. The van der Waals surface area contributed by atoms with Crippen molar-refractivity contribution in [2.45, 2.75) is 44.3 Å². The second-order valence-corrected chi connectivity index (χ2v) is 4.93. The van der Waals surface area contributed by atoms with Crippen molar-refractivity contribution in [3.05, 3.63) is 39.9 Å². The van der Waals surface area contributed by atoms with Crippen LogP contribution in [0.15, 0.2) is 24.3 Å². The fraction of sp³-hybridized carbons (Fsp3) is 0.538. The molecule has 1 aromatic carbocycles. The first-order valence-corrected chi connectivity index (χ1v) is 6.37. The van der Waals surface area contributed by atoms with Gasteiger partial charge in [-0.15, -0.1) is 0 Å². The van der Waals surface area contributed by atoms with E-state index in [1.807, 2.05) is 6.07 Å².